The van der Waals surface area contributed by atoms with E-state index in [1.165, 1.54) is 0 Å². The number of nitrogens with one attached hydrogen (secondary N) is 2. The van der Waals surface area contributed by atoms with Crippen LogP contribution >= 0.6 is 0 Å². The molecule has 0 atom stereocenters. The minimum absolute atomic E-state index is 0.0244. The molecule has 0 radical (unpaired) electrons. The second kappa shape index (κ2) is 20.7. The molecule has 2 N–H and O–H groups in total. The van der Waals surface area contributed by atoms with Gasteiger partial charge < -0.3 is 10.6 Å². The van der Waals surface area contributed by atoms with E-state index >= 15 is 0 Å². The molecular formula is C29H40N2O2. The molecule has 0 aliphatic heterocycles. The Kier molecular flexibility index (Phi) is 17.5. The molecule has 178 valence electrons. The predicted molar refractivity (Wildman–Crippen MR) is 140 cm³/mol. The zero-order valence-electron chi connectivity index (χ0n) is 20.0. The average Bonchev–Trinajstić information content (AvgIpc) is 2.84. The monoisotopic (exact) mass is 448 g/mol. The van der Waals surface area contributed by atoms with Crippen molar-refractivity contribution in [1.82, 2.24) is 10.6 Å². The van der Waals surface area contributed by atoms with Crippen molar-refractivity contribution in [3.63, 3.8) is 0 Å². The van der Waals surface area contributed by atoms with Gasteiger partial charge in [-0.2, -0.15) is 0 Å². The molecule has 1 aromatic carbocycles. The van der Waals surface area contributed by atoms with E-state index in [1.807, 2.05) is 18.2 Å². The van der Waals surface area contributed by atoms with Crippen molar-refractivity contribution < 1.29 is 9.59 Å². The van der Waals surface area contributed by atoms with E-state index in [4.69, 9.17) is 0 Å². The topological polar surface area (TPSA) is 58.2 Å². The maximum Gasteiger partial charge on any atom is 0.251 e. The summed E-state index contributed by atoms with van der Waals surface area (Å²) in [6, 6.07) is 9.06. The molecule has 0 bridgehead atoms. The number of benzene rings is 1. The molecule has 4 heteroatoms. The molecule has 4 nitrogen and oxygen atoms in total. The molecule has 0 heterocycles. The summed E-state index contributed by atoms with van der Waals surface area (Å²) in [6.07, 6.45) is 29.0. The molecule has 0 aliphatic carbocycles. The van der Waals surface area contributed by atoms with Crippen LogP contribution in [0.25, 0.3) is 0 Å². The van der Waals surface area contributed by atoms with Gasteiger partial charge in [0, 0.05) is 25.1 Å². The zero-order chi connectivity index (χ0) is 23.8. The van der Waals surface area contributed by atoms with Gasteiger partial charge in [-0.1, -0.05) is 85.9 Å². The number of rotatable bonds is 17. The molecular weight excluding hydrogens is 408 g/mol. The fourth-order valence-electron chi connectivity index (χ4n) is 2.91. The molecule has 2 amide bonds. The molecule has 1 aromatic rings. The van der Waals surface area contributed by atoms with Crippen molar-refractivity contribution in [2.45, 2.75) is 58.3 Å². The highest BCUT2D eigenvalue weighted by atomic mass is 16.2. The van der Waals surface area contributed by atoms with Gasteiger partial charge in [-0.05, 0) is 57.1 Å². The molecule has 0 unspecified atom stereocenters. The van der Waals surface area contributed by atoms with Crippen LogP contribution in [0.15, 0.2) is 91.1 Å². The summed E-state index contributed by atoms with van der Waals surface area (Å²) in [5.74, 6) is -0.0976. The molecule has 0 saturated carbocycles. The molecule has 0 spiro atoms. The first-order valence-electron chi connectivity index (χ1n) is 12.1. The Hall–Kier alpha value is -3.14. The Labute approximate surface area is 200 Å². The minimum Gasteiger partial charge on any atom is -0.354 e. The summed E-state index contributed by atoms with van der Waals surface area (Å²) >= 11 is 0. The summed E-state index contributed by atoms with van der Waals surface area (Å²) < 4.78 is 0. The third-order valence-electron chi connectivity index (χ3n) is 4.70. The van der Waals surface area contributed by atoms with Crippen LogP contribution in [0, 0.1) is 0 Å². The van der Waals surface area contributed by atoms with E-state index in [9.17, 15) is 9.59 Å². The third-order valence-corrected chi connectivity index (χ3v) is 4.70. The highest BCUT2D eigenvalue weighted by molar-refractivity contribution is 5.94. The fraction of sp³-hybridized carbons (Fsp3) is 0.379. The second-order valence-electron chi connectivity index (χ2n) is 7.57. The first-order valence-corrected chi connectivity index (χ1v) is 12.1. The van der Waals surface area contributed by atoms with Crippen molar-refractivity contribution >= 4 is 11.8 Å². The zero-order valence-corrected chi connectivity index (χ0v) is 20.0. The van der Waals surface area contributed by atoms with Crippen molar-refractivity contribution in [3.8, 4) is 0 Å². The van der Waals surface area contributed by atoms with Crippen LogP contribution in [0.1, 0.15) is 68.6 Å². The number of carbonyl (C=O) groups is 2. The van der Waals surface area contributed by atoms with E-state index in [2.05, 4.69) is 78.3 Å². The van der Waals surface area contributed by atoms with Crippen molar-refractivity contribution in [1.29, 1.82) is 0 Å². The normalized spacial score (nSPS) is 12.0. The van der Waals surface area contributed by atoms with Crippen molar-refractivity contribution in [2.75, 3.05) is 13.1 Å². The molecule has 0 aromatic heterocycles. The maximum absolute atomic E-state index is 11.9. The highest BCUT2D eigenvalue weighted by Gasteiger charge is 2.04. The lowest BCUT2D eigenvalue weighted by Crippen LogP contribution is -2.34. The average molecular weight is 449 g/mol. The summed E-state index contributed by atoms with van der Waals surface area (Å²) in [5, 5.41) is 5.64. The lowest BCUT2D eigenvalue weighted by Gasteiger charge is -2.07. The number of unbranched alkanes of at least 4 members (excludes halogenated alkanes) is 1. The first-order chi connectivity index (χ1) is 16.2. The third kappa shape index (κ3) is 17.1. The molecule has 0 saturated heterocycles. The van der Waals surface area contributed by atoms with E-state index in [0.717, 1.165) is 44.9 Å². The van der Waals surface area contributed by atoms with Gasteiger partial charge in [0.1, 0.15) is 0 Å². The Bertz CT molecular complexity index is 789. The number of allylic oxidation sites excluding steroid dienone is 10. The summed E-state index contributed by atoms with van der Waals surface area (Å²) in [7, 11) is 0. The lowest BCUT2D eigenvalue weighted by atomic mass is 10.2. The van der Waals surface area contributed by atoms with Gasteiger partial charge in [0.15, 0.2) is 0 Å². The lowest BCUT2D eigenvalue weighted by molar-refractivity contribution is -0.121. The van der Waals surface area contributed by atoms with Crippen LogP contribution < -0.4 is 10.6 Å². The number of hydrogen-bond acceptors (Lipinski definition) is 2. The maximum atomic E-state index is 11.9. The fourth-order valence-corrected chi connectivity index (χ4v) is 2.91. The van der Waals surface area contributed by atoms with Crippen LogP contribution in [0.3, 0.4) is 0 Å². The highest BCUT2D eigenvalue weighted by Crippen LogP contribution is 2.00. The summed E-state index contributed by atoms with van der Waals surface area (Å²) in [4.78, 5) is 23.7. The molecule has 0 aliphatic rings. The van der Waals surface area contributed by atoms with Crippen LogP contribution in [0.5, 0.6) is 0 Å². The van der Waals surface area contributed by atoms with Crippen molar-refractivity contribution in [3.05, 3.63) is 96.7 Å². The van der Waals surface area contributed by atoms with Gasteiger partial charge in [0.2, 0.25) is 5.91 Å². The molecule has 1 rings (SSSR count). The quantitative estimate of drug-likeness (QED) is 0.212. The van der Waals surface area contributed by atoms with Crippen LogP contribution in [0.4, 0.5) is 0 Å². The minimum atomic E-state index is -0.122. The van der Waals surface area contributed by atoms with E-state index in [-0.39, 0.29) is 11.8 Å². The Morgan fingerprint density at radius 2 is 1.21 bits per heavy atom. The predicted octanol–water partition coefficient (Wildman–Crippen LogP) is 6.45. The standard InChI is InChI=1S/C29H40N2O2/c1-2-3-4-5-6-7-8-9-10-11-12-13-14-15-16-17-21-24-28(32)30-25-26-31-29(33)27-22-19-18-20-23-27/h3-4,6-7,9-10,12-13,15-16,18-20,22-23H,2,5,8,11,14,17,21,24-26H2,1H3,(H,30,32)(H,31,33)/b4-3-,7-6-,10-9-,13-12-,16-15-. The number of amides is 2. The number of carbonyl (C=O) groups excluding carboxylic acids is 2. The smallest absolute Gasteiger partial charge is 0.251 e. The van der Waals surface area contributed by atoms with Gasteiger partial charge in [-0.3, -0.25) is 9.59 Å². The molecule has 33 heavy (non-hydrogen) atoms. The van der Waals surface area contributed by atoms with Gasteiger partial charge in [-0.15, -0.1) is 0 Å². The van der Waals surface area contributed by atoms with Crippen LogP contribution in [-0.4, -0.2) is 24.9 Å². The molecule has 0 fully saturated rings. The van der Waals surface area contributed by atoms with Gasteiger partial charge in [0.05, 0.1) is 0 Å². The van der Waals surface area contributed by atoms with E-state index in [0.29, 0.717) is 25.1 Å². The summed E-state index contributed by atoms with van der Waals surface area (Å²) in [6.45, 7) is 3.02. The summed E-state index contributed by atoms with van der Waals surface area (Å²) in [5.41, 5.74) is 0.626. The SMILES string of the molecule is CC/C=C\C/C=C\C/C=C\C/C=C\C/C=C\CCCC(=O)NCCNC(=O)c1ccccc1. The van der Waals surface area contributed by atoms with E-state index in [1.54, 1.807) is 12.1 Å². The Balaban J connectivity index is 1.95. The van der Waals surface area contributed by atoms with Crippen LogP contribution in [0.2, 0.25) is 0 Å². The largest absolute Gasteiger partial charge is 0.354 e. The van der Waals surface area contributed by atoms with Crippen LogP contribution in [-0.2, 0) is 4.79 Å². The van der Waals surface area contributed by atoms with E-state index < -0.39 is 0 Å². The number of hydrogen-bond donors (Lipinski definition) is 2. The first kappa shape index (κ1) is 27.9. The second-order valence-corrected chi connectivity index (χ2v) is 7.57. The van der Waals surface area contributed by atoms with Crippen molar-refractivity contribution in [2.24, 2.45) is 0 Å². The Morgan fingerprint density at radius 3 is 1.79 bits per heavy atom. The van der Waals surface area contributed by atoms with Gasteiger partial charge >= 0.3 is 0 Å². The van der Waals surface area contributed by atoms with Gasteiger partial charge in [-0.25, -0.2) is 0 Å². The van der Waals surface area contributed by atoms with Gasteiger partial charge in [0.25, 0.3) is 5.91 Å². The Morgan fingerprint density at radius 1 is 0.697 bits per heavy atom.